The second-order valence-electron chi connectivity index (χ2n) is 4.60. The van der Waals surface area contributed by atoms with Crippen molar-refractivity contribution in [1.82, 2.24) is 14.5 Å². The molecule has 2 aromatic rings. The molecule has 0 unspecified atom stereocenters. The zero-order valence-electron chi connectivity index (χ0n) is 10.1. The van der Waals surface area contributed by atoms with Crippen LogP contribution in [0.2, 0.25) is 0 Å². The van der Waals surface area contributed by atoms with Crippen molar-refractivity contribution >= 4 is 27.0 Å². The maximum atomic E-state index is 4.56. The van der Waals surface area contributed by atoms with Crippen LogP contribution in [0.5, 0.6) is 0 Å². The highest BCUT2D eigenvalue weighted by Crippen LogP contribution is 2.28. The first-order chi connectivity index (χ1) is 7.49. The normalized spacial score (nSPS) is 11.6. The minimum Gasteiger partial charge on any atom is -0.334 e. The Hall–Kier alpha value is -0.900. The molecule has 0 N–H and O–H groups in total. The van der Waals surface area contributed by atoms with Gasteiger partial charge in [0.05, 0.1) is 11.1 Å². The van der Waals surface area contributed by atoms with Crippen molar-refractivity contribution in [1.29, 1.82) is 0 Å². The third kappa shape index (κ3) is 1.98. The first-order valence-corrected chi connectivity index (χ1v) is 6.26. The van der Waals surface area contributed by atoms with Crippen LogP contribution in [0.3, 0.4) is 0 Å². The maximum absolute atomic E-state index is 4.56. The average Bonchev–Trinajstić information content (AvgIpc) is 2.40. The van der Waals surface area contributed by atoms with Gasteiger partial charge in [-0.05, 0) is 35.2 Å². The lowest BCUT2D eigenvalue weighted by atomic mass is 10.1. The molecule has 0 spiro atoms. The Labute approximate surface area is 104 Å². The van der Waals surface area contributed by atoms with E-state index < -0.39 is 0 Å². The van der Waals surface area contributed by atoms with Crippen LogP contribution in [0.25, 0.3) is 11.0 Å². The highest BCUT2D eigenvalue weighted by atomic mass is 79.9. The number of nitrogens with zero attached hydrogens (tertiary/aromatic N) is 3. The summed E-state index contributed by atoms with van der Waals surface area (Å²) in [5.74, 6) is 1.45. The van der Waals surface area contributed by atoms with Gasteiger partial charge >= 0.3 is 0 Å². The van der Waals surface area contributed by atoms with Crippen LogP contribution in [0, 0.1) is 12.8 Å². The predicted octanol–water partition coefficient (Wildman–Crippen LogP) is 3.24. The van der Waals surface area contributed by atoms with Crippen LogP contribution < -0.4 is 0 Å². The molecule has 16 heavy (non-hydrogen) atoms. The van der Waals surface area contributed by atoms with E-state index >= 15 is 0 Å². The summed E-state index contributed by atoms with van der Waals surface area (Å²) in [6.45, 7) is 6.37. The van der Waals surface area contributed by atoms with Crippen molar-refractivity contribution in [3.63, 3.8) is 0 Å². The number of hydrogen-bond donors (Lipinski definition) is 0. The van der Waals surface area contributed by atoms with E-state index in [0.717, 1.165) is 33.4 Å². The van der Waals surface area contributed by atoms with Gasteiger partial charge in [-0.15, -0.1) is 0 Å². The Bertz CT molecular complexity index is 529. The van der Waals surface area contributed by atoms with Crippen molar-refractivity contribution in [2.45, 2.75) is 27.2 Å². The van der Waals surface area contributed by atoms with Crippen molar-refractivity contribution in [2.24, 2.45) is 13.0 Å². The van der Waals surface area contributed by atoms with Gasteiger partial charge in [0.2, 0.25) is 0 Å². The Balaban J connectivity index is 2.71. The molecule has 2 rings (SSSR count). The lowest BCUT2D eigenvalue weighted by Crippen LogP contribution is -2.02. The largest absolute Gasteiger partial charge is 0.334 e. The van der Waals surface area contributed by atoms with Gasteiger partial charge in [0.15, 0.2) is 0 Å². The molecule has 2 heterocycles. The maximum Gasteiger partial charge on any atom is 0.144 e. The molecule has 0 atom stereocenters. The Morgan fingerprint density at radius 2 is 2.06 bits per heavy atom. The summed E-state index contributed by atoms with van der Waals surface area (Å²) < 4.78 is 3.12. The third-order valence-corrected chi connectivity index (χ3v) is 3.16. The van der Waals surface area contributed by atoms with E-state index in [-0.39, 0.29) is 0 Å². The second kappa shape index (κ2) is 4.17. The summed E-state index contributed by atoms with van der Waals surface area (Å²) in [7, 11) is 2.01. The molecule has 86 valence electrons. The molecule has 0 aromatic carbocycles. The SMILES string of the molecule is Cc1nc(CC(C)C)c2c(Br)cn(C)c2n1. The minimum atomic E-state index is 0.601. The number of fused-ring (bicyclic) bond motifs is 1. The van der Waals surface area contributed by atoms with Gasteiger partial charge in [-0.1, -0.05) is 13.8 Å². The number of rotatable bonds is 2. The average molecular weight is 282 g/mol. The first kappa shape index (κ1) is 11.6. The second-order valence-corrected chi connectivity index (χ2v) is 5.46. The van der Waals surface area contributed by atoms with Crippen LogP contribution in [0.4, 0.5) is 0 Å². The van der Waals surface area contributed by atoms with Crippen molar-refractivity contribution in [3.8, 4) is 0 Å². The predicted molar refractivity (Wildman–Crippen MR) is 69.5 cm³/mol. The smallest absolute Gasteiger partial charge is 0.144 e. The lowest BCUT2D eigenvalue weighted by Gasteiger charge is -2.07. The number of aromatic nitrogens is 3. The fraction of sp³-hybridized carbons (Fsp3) is 0.500. The zero-order chi connectivity index (χ0) is 11.9. The van der Waals surface area contributed by atoms with E-state index in [2.05, 4.69) is 39.7 Å². The molecule has 0 radical (unpaired) electrons. The standard InChI is InChI=1S/C12H16BrN3/c1-7(2)5-10-11-9(13)6-16(4)12(11)15-8(3)14-10/h6-7H,5H2,1-4H3. The molecule has 2 aromatic heterocycles. The van der Waals surface area contributed by atoms with E-state index in [4.69, 9.17) is 0 Å². The van der Waals surface area contributed by atoms with Crippen molar-refractivity contribution in [2.75, 3.05) is 0 Å². The Morgan fingerprint density at radius 1 is 1.38 bits per heavy atom. The fourth-order valence-electron chi connectivity index (χ4n) is 1.94. The van der Waals surface area contributed by atoms with Gasteiger partial charge in [0.1, 0.15) is 11.5 Å². The fourth-order valence-corrected chi connectivity index (χ4v) is 2.66. The molecule has 4 heteroatoms. The van der Waals surface area contributed by atoms with Gasteiger partial charge < -0.3 is 4.57 Å². The van der Waals surface area contributed by atoms with E-state index in [1.807, 2.05) is 24.7 Å². The highest BCUT2D eigenvalue weighted by Gasteiger charge is 2.13. The van der Waals surface area contributed by atoms with E-state index in [9.17, 15) is 0 Å². The summed E-state index contributed by atoms with van der Waals surface area (Å²) in [5.41, 5.74) is 2.15. The summed E-state index contributed by atoms with van der Waals surface area (Å²) >= 11 is 3.58. The molecule has 0 bridgehead atoms. The molecule has 0 amide bonds. The van der Waals surface area contributed by atoms with Crippen molar-refractivity contribution in [3.05, 3.63) is 22.2 Å². The molecule has 0 aliphatic rings. The van der Waals surface area contributed by atoms with Crippen LogP contribution >= 0.6 is 15.9 Å². The van der Waals surface area contributed by atoms with Gasteiger partial charge in [0.25, 0.3) is 0 Å². The minimum absolute atomic E-state index is 0.601. The van der Waals surface area contributed by atoms with E-state index in [1.54, 1.807) is 0 Å². The van der Waals surface area contributed by atoms with Crippen LogP contribution in [-0.2, 0) is 13.5 Å². The molecule has 0 fully saturated rings. The van der Waals surface area contributed by atoms with Gasteiger partial charge in [0, 0.05) is 17.7 Å². The van der Waals surface area contributed by atoms with Crippen molar-refractivity contribution < 1.29 is 0 Å². The molecule has 0 aliphatic heterocycles. The Morgan fingerprint density at radius 3 is 2.69 bits per heavy atom. The molecule has 0 aliphatic carbocycles. The molecular formula is C12H16BrN3. The summed E-state index contributed by atoms with van der Waals surface area (Å²) in [6, 6.07) is 0. The quantitative estimate of drug-likeness (QED) is 0.846. The topological polar surface area (TPSA) is 30.7 Å². The lowest BCUT2D eigenvalue weighted by molar-refractivity contribution is 0.636. The highest BCUT2D eigenvalue weighted by molar-refractivity contribution is 9.10. The van der Waals surface area contributed by atoms with Gasteiger partial charge in [-0.25, -0.2) is 9.97 Å². The third-order valence-electron chi connectivity index (χ3n) is 2.56. The molecule has 3 nitrogen and oxygen atoms in total. The number of hydrogen-bond acceptors (Lipinski definition) is 2. The summed E-state index contributed by atoms with van der Waals surface area (Å²) in [6.07, 6.45) is 3.03. The first-order valence-electron chi connectivity index (χ1n) is 5.47. The Kier molecular flexibility index (Phi) is 3.02. The van der Waals surface area contributed by atoms with E-state index in [1.165, 1.54) is 0 Å². The summed E-state index contributed by atoms with van der Waals surface area (Å²) in [5, 5.41) is 1.15. The number of halogens is 1. The zero-order valence-corrected chi connectivity index (χ0v) is 11.7. The van der Waals surface area contributed by atoms with Crippen LogP contribution in [0.1, 0.15) is 25.4 Å². The molecule has 0 saturated carbocycles. The van der Waals surface area contributed by atoms with Crippen LogP contribution in [-0.4, -0.2) is 14.5 Å². The molecule has 0 saturated heterocycles. The molecular weight excluding hydrogens is 266 g/mol. The number of aryl methyl sites for hydroxylation is 2. The van der Waals surface area contributed by atoms with Gasteiger partial charge in [-0.2, -0.15) is 0 Å². The summed E-state index contributed by atoms with van der Waals surface area (Å²) in [4.78, 5) is 9.05. The van der Waals surface area contributed by atoms with Crippen LogP contribution in [0.15, 0.2) is 10.7 Å². The monoisotopic (exact) mass is 281 g/mol. The van der Waals surface area contributed by atoms with Gasteiger partial charge in [-0.3, -0.25) is 0 Å². The van der Waals surface area contributed by atoms with E-state index in [0.29, 0.717) is 5.92 Å².